The van der Waals surface area contributed by atoms with E-state index in [9.17, 15) is 13.2 Å². The summed E-state index contributed by atoms with van der Waals surface area (Å²) in [6, 6.07) is 0. The maximum atomic E-state index is 11.7. The van der Waals surface area contributed by atoms with Crippen molar-refractivity contribution in [1.82, 2.24) is 0 Å². The third-order valence-corrected chi connectivity index (χ3v) is 4.97. The van der Waals surface area contributed by atoms with Gasteiger partial charge in [0.25, 0.3) is 0 Å². The van der Waals surface area contributed by atoms with Crippen LogP contribution >= 0.6 is 0 Å². The summed E-state index contributed by atoms with van der Waals surface area (Å²) in [5, 5.41) is 8.52. The van der Waals surface area contributed by atoms with Crippen molar-refractivity contribution < 1.29 is 18.3 Å². The van der Waals surface area contributed by atoms with Gasteiger partial charge in [0.2, 0.25) is 0 Å². The van der Waals surface area contributed by atoms with E-state index < -0.39 is 20.6 Å². The molecule has 0 aliphatic rings. The molecule has 1 unspecified atom stereocenters. The third kappa shape index (κ3) is 5.16. The number of aliphatic carboxylic acids is 1. The quantitative estimate of drug-likeness (QED) is 0.788. The van der Waals surface area contributed by atoms with E-state index in [-0.39, 0.29) is 18.1 Å². The Kier molecular flexibility index (Phi) is 4.77. The molecule has 15 heavy (non-hydrogen) atoms. The van der Waals surface area contributed by atoms with Crippen LogP contribution in [0, 0.1) is 5.92 Å². The molecule has 0 aromatic carbocycles. The van der Waals surface area contributed by atoms with Crippen LogP contribution in [0.1, 0.15) is 40.5 Å². The van der Waals surface area contributed by atoms with E-state index in [0.717, 1.165) is 0 Å². The van der Waals surface area contributed by atoms with Crippen LogP contribution in [-0.4, -0.2) is 30.0 Å². The van der Waals surface area contributed by atoms with Gasteiger partial charge in [0.05, 0.1) is 10.5 Å². The Hall–Kier alpha value is -0.580. The molecule has 1 N–H and O–H groups in total. The first-order valence-electron chi connectivity index (χ1n) is 5.00. The fourth-order valence-electron chi connectivity index (χ4n) is 1.06. The number of carboxylic acid groups (broad SMARTS) is 1. The van der Waals surface area contributed by atoms with Crippen LogP contribution in [0.3, 0.4) is 0 Å². The van der Waals surface area contributed by atoms with Gasteiger partial charge in [-0.15, -0.1) is 0 Å². The predicted molar refractivity (Wildman–Crippen MR) is 59.6 cm³/mol. The normalized spacial score (nSPS) is 14.9. The molecule has 0 fully saturated rings. The van der Waals surface area contributed by atoms with Gasteiger partial charge in [-0.05, 0) is 33.1 Å². The Morgan fingerprint density at radius 1 is 1.33 bits per heavy atom. The summed E-state index contributed by atoms with van der Waals surface area (Å²) in [4.78, 5) is 10.4. The van der Waals surface area contributed by atoms with Crippen LogP contribution in [0.5, 0.6) is 0 Å². The van der Waals surface area contributed by atoms with Gasteiger partial charge in [-0.2, -0.15) is 0 Å². The van der Waals surface area contributed by atoms with Gasteiger partial charge in [-0.1, -0.05) is 6.92 Å². The lowest BCUT2D eigenvalue weighted by Crippen LogP contribution is -2.31. The molecule has 0 spiro atoms. The summed E-state index contributed by atoms with van der Waals surface area (Å²) in [6.07, 6.45) is 0.436. The maximum Gasteiger partial charge on any atom is 0.303 e. The third-order valence-electron chi connectivity index (χ3n) is 2.34. The lowest BCUT2D eigenvalue weighted by atomic mass is 10.1. The molecule has 0 bridgehead atoms. The first-order chi connectivity index (χ1) is 6.56. The summed E-state index contributed by atoms with van der Waals surface area (Å²) in [5.41, 5.74) is 0. The zero-order chi connectivity index (χ0) is 12.3. The molecule has 0 amide bonds. The number of hydrogen-bond acceptors (Lipinski definition) is 3. The molecule has 0 heterocycles. The Labute approximate surface area is 91.6 Å². The van der Waals surface area contributed by atoms with Gasteiger partial charge < -0.3 is 5.11 Å². The number of hydrogen-bond donors (Lipinski definition) is 1. The number of carboxylic acids is 1. The van der Waals surface area contributed by atoms with Gasteiger partial charge in [-0.3, -0.25) is 4.79 Å². The van der Waals surface area contributed by atoms with Gasteiger partial charge in [0.15, 0.2) is 9.84 Å². The summed E-state index contributed by atoms with van der Waals surface area (Å²) in [6.45, 7) is 6.73. The number of sulfone groups is 1. The Balaban J connectivity index is 4.23. The topological polar surface area (TPSA) is 71.4 Å². The molecule has 0 aromatic rings. The van der Waals surface area contributed by atoms with Gasteiger partial charge in [0, 0.05) is 6.42 Å². The molecule has 5 heteroatoms. The smallest absolute Gasteiger partial charge is 0.303 e. The van der Waals surface area contributed by atoms with Crippen molar-refractivity contribution in [3.05, 3.63) is 0 Å². The van der Waals surface area contributed by atoms with E-state index in [0.29, 0.717) is 6.42 Å². The monoisotopic (exact) mass is 236 g/mol. The van der Waals surface area contributed by atoms with E-state index in [2.05, 4.69) is 0 Å². The summed E-state index contributed by atoms with van der Waals surface area (Å²) in [7, 11) is -3.12. The van der Waals surface area contributed by atoms with Crippen molar-refractivity contribution in [3.63, 3.8) is 0 Å². The molecule has 4 nitrogen and oxygen atoms in total. The summed E-state index contributed by atoms with van der Waals surface area (Å²) >= 11 is 0. The molecule has 0 radical (unpaired) electrons. The Morgan fingerprint density at radius 3 is 2.13 bits per heavy atom. The van der Waals surface area contributed by atoms with Crippen LogP contribution in [-0.2, 0) is 14.6 Å². The van der Waals surface area contributed by atoms with E-state index in [4.69, 9.17) is 5.11 Å². The summed E-state index contributed by atoms with van der Waals surface area (Å²) in [5.74, 6) is -0.916. The minimum absolute atomic E-state index is 0.0274. The average Bonchev–Trinajstić information content (AvgIpc) is 1.97. The highest BCUT2D eigenvalue weighted by Crippen LogP contribution is 2.19. The van der Waals surface area contributed by atoms with E-state index in [1.165, 1.54) is 0 Å². The highest BCUT2D eigenvalue weighted by molar-refractivity contribution is 7.92. The first kappa shape index (κ1) is 14.4. The lowest BCUT2D eigenvalue weighted by Gasteiger charge is -2.20. The van der Waals surface area contributed by atoms with Crippen molar-refractivity contribution in [3.8, 4) is 0 Å². The fraction of sp³-hybridized carbons (Fsp3) is 0.900. The van der Waals surface area contributed by atoms with Crippen molar-refractivity contribution in [2.45, 2.75) is 45.3 Å². The molecule has 0 saturated carbocycles. The number of carbonyl (C=O) groups is 1. The van der Waals surface area contributed by atoms with Crippen molar-refractivity contribution >= 4 is 15.8 Å². The highest BCUT2D eigenvalue weighted by Gasteiger charge is 2.28. The second kappa shape index (κ2) is 4.96. The second-order valence-corrected chi connectivity index (χ2v) is 7.79. The average molecular weight is 236 g/mol. The Bertz CT molecular complexity index is 311. The second-order valence-electron chi connectivity index (χ2n) is 4.92. The standard InChI is InChI=1S/C10H20O4S/c1-8(7-9(11)12)5-6-15(13,14)10(2,3)4/h8H,5-7H2,1-4H3,(H,11,12). The maximum absolute atomic E-state index is 11.7. The van der Waals surface area contributed by atoms with Crippen LogP contribution in [0.25, 0.3) is 0 Å². The molecule has 0 aliphatic carbocycles. The molecular formula is C10H20O4S. The van der Waals surface area contributed by atoms with Gasteiger partial charge in [0.1, 0.15) is 0 Å². The van der Waals surface area contributed by atoms with Crippen molar-refractivity contribution in [2.75, 3.05) is 5.75 Å². The van der Waals surface area contributed by atoms with Crippen LogP contribution in [0.2, 0.25) is 0 Å². The van der Waals surface area contributed by atoms with Crippen LogP contribution in [0.15, 0.2) is 0 Å². The lowest BCUT2D eigenvalue weighted by molar-refractivity contribution is -0.137. The molecule has 90 valence electrons. The largest absolute Gasteiger partial charge is 0.481 e. The molecular weight excluding hydrogens is 216 g/mol. The van der Waals surface area contributed by atoms with E-state index in [1.54, 1.807) is 27.7 Å². The summed E-state index contributed by atoms with van der Waals surface area (Å²) < 4.78 is 22.6. The first-order valence-corrected chi connectivity index (χ1v) is 6.65. The zero-order valence-electron chi connectivity index (χ0n) is 9.78. The van der Waals surface area contributed by atoms with Gasteiger partial charge >= 0.3 is 5.97 Å². The highest BCUT2D eigenvalue weighted by atomic mass is 32.2. The minimum Gasteiger partial charge on any atom is -0.481 e. The SMILES string of the molecule is CC(CCS(=O)(=O)C(C)(C)C)CC(=O)O. The zero-order valence-corrected chi connectivity index (χ0v) is 10.6. The van der Waals surface area contributed by atoms with E-state index in [1.807, 2.05) is 0 Å². The van der Waals surface area contributed by atoms with Crippen molar-refractivity contribution in [1.29, 1.82) is 0 Å². The molecule has 0 rings (SSSR count). The predicted octanol–water partition coefficient (Wildman–Crippen LogP) is 1.70. The molecule has 0 aliphatic heterocycles. The molecule has 0 aromatic heterocycles. The molecule has 1 atom stereocenters. The molecule has 0 saturated heterocycles. The van der Waals surface area contributed by atoms with Crippen LogP contribution in [0.4, 0.5) is 0 Å². The number of rotatable bonds is 5. The van der Waals surface area contributed by atoms with Crippen LogP contribution < -0.4 is 0 Å². The Morgan fingerprint density at radius 2 is 1.80 bits per heavy atom. The fourth-order valence-corrected chi connectivity index (χ4v) is 2.39. The van der Waals surface area contributed by atoms with Crippen molar-refractivity contribution in [2.24, 2.45) is 5.92 Å². The minimum atomic E-state index is -3.12. The van der Waals surface area contributed by atoms with Gasteiger partial charge in [-0.25, -0.2) is 8.42 Å². The van der Waals surface area contributed by atoms with E-state index >= 15 is 0 Å².